The highest BCUT2D eigenvalue weighted by molar-refractivity contribution is 6.35. The van der Waals surface area contributed by atoms with Crippen molar-refractivity contribution in [2.75, 3.05) is 26.7 Å². The Kier molecular flexibility index (Phi) is 40.0. The number of hydrogen-bond donors (Lipinski definition) is 4. The molecule has 1 aliphatic heterocycles. The van der Waals surface area contributed by atoms with Gasteiger partial charge in [0.1, 0.15) is 6.04 Å². The first-order valence-electron chi connectivity index (χ1n) is 15.6. The summed E-state index contributed by atoms with van der Waals surface area (Å²) in [4.78, 5) is 56.2. The van der Waals surface area contributed by atoms with Crippen molar-refractivity contribution in [3.63, 3.8) is 0 Å². The number of carbonyl (C=O) groups excluding carboxylic acids is 5. The van der Waals surface area contributed by atoms with Gasteiger partial charge in [0.2, 0.25) is 18.1 Å². The summed E-state index contributed by atoms with van der Waals surface area (Å²) < 4.78 is 0. The number of hydrogen-bond acceptors (Lipinski definition) is 5. The molecule has 252 valence electrons. The van der Waals surface area contributed by atoms with Gasteiger partial charge < -0.3 is 26.2 Å². The molecule has 0 aliphatic carbocycles. The molecule has 10 nitrogen and oxygen atoms in total. The maximum Gasteiger partial charge on any atom is 0.315 e. The quantitative estimate of drug-likeness (QED) is 0.0882. The largest absolute Gasteiger partial charge is 0.359 e. The van der Waals surface area contributed by atoms with Gasteiger partial charge in [-0.1, -0.05) is 74.8 Å². The van der Waals surface area contributed by atoms with Crippen LogP contribution in [0.1, 0.15) is 115 Å². The fraction of sp³-hybridized carbons (Fsp3) is 0.727. The van der Waals surface area contributed by atoms with Crippen LogP contribution in [0.3, 0.4) is 0 Å². The van der Waals surface area contributed by atoms with E-state index in [1.54, 1.807) is 7.05 Å². The lowest BCUT2D eigenvalue weighted by Crippen LogP contribution is -2.56. The minimum Gasteiger partial charge on any atom is -0.359 e. The Hall–Kier alpha value is -3.35. The van der Waals surface area contributed by atoms with E-state index >= 15 is 0 Å². The van der Waals surface area contributed by atoms with Crippen molar-refractivity contribution < 1.29 is 24.0 Å². The molecule has 4 N–H and O–H groups in total. The third-order valence-corrected chi connectivity index (χ3v) is 5.15. The maximum absolute atomic E-state index is 12.5. The van der Waals surface area contributed by atoms with E-state index in [2.05, 4.69) is 54.5 Å². The van der Waals surface area contributed by atoms with E-state index in [-0.39, 0.29) is 23.4 Å². The van der Waals surface area contributed by atoms with Crippen LogP contribution in [-0.4, -0.2) is 73.7 Å². The summed E-state index contributed by atoms with van der Waals surface area (Å²) >= 11 is 0. The Morgan fingerprint density at radius 1 is 1.09 bits per heavy atom. The average molecular weight is 612 g/mol. The van der Waals surface area contributed by atoms with Crippen molar-refractivity contribution >= 4 is 30.0 Å². The summed E-state index contributed by atoms with van der Waals surface area (Å²) in [6, 6.07) is -0.526. The number of ketones is 1. The zero-order chi connectivity index (χ0) is 34.9. The highest BCUT2D eigenvalue weighted by Crippen LogP contribution is 2.25. The van der Waals surface area contributed by atoms with E-state index in [1.165, 1.54) is 19.4 Å². The first kappa shape index (κ1) is 49.3. The number of likely N-dealkylation sites (tertiary alicyclic amines) is 1. The smallest absolute Gasteiger partial charge is 0.315 e. The van der Waals surface area contributed by atoms with E-state index in [9.17, 15) is 24.0 Å². The molecule has 1 heterocycles. The molecule has 0 aromatic heterocycles. The van der Waals surface area contributed by atoms with Crippen LogP contribution >= 0.6 is 0 Å². The fourth-order valence-corrected chi connectivity index (χ4v) is 3.08. The van der Waals surface area contributed by atoms with Gasteiger partial charge in [0, 0.05) is 46.1 Å². The summed E-state index contributed by atoms with van der Waals surface area (Å²) in [5.41, 5.74) is -0.300. The van der Waals surface area contributed by atoms with Crippen LogP contribution in [0.15, 0.2) is 12.7 Å². The lowest BCUT2D eigenvalue weighted by atomic mass is 9.85. The standard InChI is InChI=1S/C13H25N3O2.C7H11NO.C6H9NO2.C3H8.2C2H6/c1-9-7-6-8-16(9)11(17)10(13(2,3)4)15-12(18)14-5;1-2-3-4-5-6-8-7-9;1-3-4-7-6(9)5(2)8;1-3-2;2*1-2/h9-10H,6-8H2,1-5H3,(H2,14,15,18);1,7H,3-6H2,(H,8,9);3H,1,4H2,2H3,(H,7,9);3H2,1-2H3;2*1-2H3. The number of rotatable bonds is 10. The number of nitrogens with one attached hydrogen (secondary N) is 4. The van der Waals surface area contributed by atoms with Crippen LogP contribution in [0.5, 0.6) is 0 Å². The Bertz CT molecular complexity index is 773. The molecule has 2 unspecified atom stereocenters. The lowest BCUT2D eigenvalue weighted by molar-refractivity contribution is -0.136. The second-order valence-corrected chi connectivity index (χ2v) is 10.0. The molecular weight excluding hydrogens is 546 g/mol. The average Bonchev–Trinajstić information content (AvgIpc) is 3.42. The molecule has 1 aliphatic rings. The number of carbonyl (C=O) groups is 5. The van der Waals surface area contributed by atoms with E-state index in [1.807, 2.05) is 53.4 Å². The third-order valence-electron chi connectivity index (χ3n) is 5.15. The predicted octanol–water partition coefficient (Wildman–Crippen LogP) is 5.22. The highest BCUT2D eigenvalue weighted by atomic mass is 16.2. The molecule has 0 saturated carbocycles. The topological polar surface area (TPSA) is 137 Å². The van der Waals surface area contributed by atoms with Gasteiger partial charge in [-0.05, 0) is 38.0 Å². The predicted molar refractivity (Wildman–Crippen MR) is 181 cm³/mol. The molecule has 1 rings (SSSR count). The second kappa shape index (κ2) is 34.8. The number of urea groups is 1. The molecule has 43 heavy (non-hydrogen) atoms. The minimum atomic E-state index is -0.560. The van der Waals surface area contributed by atoms with Crippen LogP contribution in [0.25, 0.3) is 0 Å². The number of nitrogens with zero attached hydrogens (tertiary/aromatic N) is 1. The number of Topliss-reactive ketones (excluding diaryl/α,β-unsaturated/α-hetero) is 1. The molecule has 1 fully saturated rings. The van der Waals surface area contributed by atoms with Gasteiger partial charge >= 0.3 is 6.03 Å². The molecule has 5 amide bonds. The van der Waals surface area contributed by atoms with Crippen molar-refractivity contribution in [2.24, 2.45) is 5.41 Å². The summed E-state index contributed by atoms with van der Waals surface area (Å²) in [5, 5.41) is 10.1. The van der Waals surface area contributed by atoms with Gasteiger partial charge in [-0.2, -0.15) is 0 Å². The van der Waals surface area contributed by atoms with E-state index in [0.717, 1.165) is 45.2 Å². The Morgan fingerprint density at radius 3 is 1.98 bits per heavy atom. The number of terminal acetylenes is 1. The monoisotopic (exact) mass is 611 g/mol. The van der Waals surface area contributed by atoms with Gasteiger partial charge in [0.25, 0.3) is 5.91 Å². The number of amides is 5. The van der Waals surface area contributed by atoms with Gasteiger partial charge in [0.05, 0.1) is 0 Å². The van der Waals surface area contributed by atoms with Gasteiger partial charge in [-0.25, -0.2) is 4.79 Å². The Morgan fingerprint density at radius 2 is 1.63 bits per heavy atom. The van der Waals surface area contributed by atoms with Crippen molar-refractivity contribution in [3.05, 3.63) is 12.7 Å². The molecule has 0 aromatic rings. The minimum absolute atomic E-state index is 0.0242. The molecule has 0 aromatic carbocycles. The molecule has 2 atom stereocenters. The van der Waals surface area contributed by atoms with Crippen LogP contribution < -0.4 is 21.3 Å². The first-order valence-corrected chi connectivity index (χ1v) is 15.6. The molecule has 1 saturated heterocycles. The van der Waals surface area contributed by atoms with Gasteiger partial charge in [-0.3, -0.25) is 19.2 Å². The van der Waals surface area contributed by atoms with Crippen molar-refractivity contribution in [1.82, 2.24) is 26.2 Å². The molecule has 0 bridgehead atoms. The highest BCUT2D eigenvalue weighted by Gasteiger charge is 2.38. The zero-order valence-electron chi connectivity index (χ0n) is 29.4. The maximum atomic E-state index is 12.5. The summed E-state index contributed by atoms with van der Waals surface area (Å²) in [5.74, 6) is 1.52. The summed E-state index contributed by atoms with van der Waals surface area (Å²) in [6.07, 6.45) is 13.3. The third kappa shape index (κ3) is 31.4. The van der Waals surface area contributed by atoms with Crippen molar-refractivity contribution in [3.8, 4) is 12.3 Å². The fourth-order valence-electron chi connectivity index (χ4n) is 3.08. The SMILES string of the molecule is C#CCCCCNC=O.C=CCNC(=O)C(C)=O.CC.CC.CCC.CNC(=O)NC(C(=O)N1CCCC1C)C(C)(C)C. The van der Waals surface area contributed by atoms with E-state index in [0.29, 0.717) is 13.0 Å². The number of unbranched alkanes of at least 4 members (excludes halogenated alkanes) is 2. The lowest BCUT2D eigenvalue weighted by Gasteiger charge is -2.34. The van der Waals surface area contributed by atoms with Crippen LogP contribution in [0.4, 0.5) is 4.79 Å². The zero-order valence-corrected chi connectivity index (χ0v) is 29.4. The first-order chi connectivity index (χ1) is 20.3. The summed E-state index contributed by atoms with van der Waals surface area (Å²) in [7, 11) is 1.55. The van der Waals surface area contributed by atoms with Gasteiger partial charge in [0.15, 0.2) is 0 Å². The van der Waals surface area contributed by atoms with Crippen molar-refractivity contribution in [2.45, 2.75) is 127 Å². The molecule has 0 radical (unpaired) electrons. The Balaban J connectivity index is -0.000000163. The Labute approximate surface area is 264 Å². The molecule has 0 spiro atoms. The van der Waals surface area contributed by atoms with Crippen LogP contribution in [-0.2, 0) is 19.2 Å². The van der Waals surface area contributed by atoms with Crippen LogP contribution in [0, 0.1) is 17.8 Å². The van der Waals surface area contributed by atoms with E-state index < -0.39 is 17.7 Å². The van der Waals surface area contributed by atoms with Crippen LogP contribution in [0.2, 0.25) is 0 Å². The normalized spacial score (nSPS) is 13.1. The summed E-state index contributed by atoms with van der Waals surface area (Å²) in [6.45, 7) is 26.7. The molecular formula is C33H65N5O5. The van der Waals surface area contributed by atoms with Crippen molar-refractivity contribution in [1.29, 1.82) is 0 Å². The molecule has 10 heteroatoms. The van der Waals surface area contributed by atoms with E-state index in [4.69, 9.17) is 6.42 Å². The second-order valence-electron chi connectivity index (χ2n) is 10.0. The van der Waals surface area contributed by atoms with Gasteiger partial charge in [-0.15, -0.1) is 18.9 Å².